The first-order valence-corrected chi connectivity index (χ1v) is 7.98. The van der Waals surface area contributed by atoms with Gasteiger partial charge in [-0.25, -0.2) is 0 Å². The zero-order valence-corrected chi connectivity index (χ0v) is 14.5. The van der Waals surface area contributed by atoms with Gasteiger partial charge in [0.2, 0.25) is 0 Å². The van der Waals surface area contributed by atoms with Gasteiger partial charge >= 0.3 is 0 Å². The summed E-state index contributed by atoms with van der Waals surface area (Å²) < 4.78 is 10.5. The van der Waals surface area contributed by atoms with Gasteiger partial charge < -0.3 is 9.47 Å². The van der Waals surface area contributed by atoms with E-state index in [-0.39, 0.29) is 0 Å². The molecule has 0 spiro atoms. The van der Waals surface area contributed by atoms with Gasteiger partial charge in [-0.3, -0.25) is 0 Å². The highest BCUT2D eigenvalue weighted by Crippen LogP contribution is 2.35. The van der Waals surface area contributed by atoms with Crippen LogP contribution in [0.5, 0.6) is 11.5 Å². The molecule has 26 heavy (non-hydrogen) atoms. The zero-order valence-electron chi connectivity index (χ0n) is 14.5. The molecule has 3 aromatic rings. The number of benzene rings is 3. The fraction of sp³-hybridized carbons (Fsp3) is 0.0909. The number of hydrogen-bond acceptors (Lipinski definition) is 4. The Hall–Kier alpha value is -3.76. The van der Waals surface area contributed by atoms with E-state index >= 15 is 0 Å². The van der Waals surface area contributed by atoms with Gasteiger partial charge in [-0.2, -0.15) is 10.5 Å². The van der Waals surface area contributed by atoms with Crippen LogP contribution in [0.25, 0.3) is 22.3 Å². The molecule has 0 saturated heterocycles. The van der Waals surface area contributed by atoms with Crippen LogP contribution in [0.4, 0.5) is 0 Å². The fourth-order valence-electron chi connectivity index (χ4n) is 2.90. The Morgan fingerprint density at radius 1 is 0.654 bits per heavy atom. The van der Waals surface area contributed by atoms with Crippen LogP contribution in [-0.2, 0) is 0 Å². The van der Waals surface area contributed by atoms with Crippen LogP contribution in [-0.4, -0.2) is 14.2 Å². The maximum absolute atomic E-state index is 9.73. The Balaban J connectivity index is 2.22. The van der Waals surface area contributed by atoms with Gasteiger partial charge in [-0.1, -0.05) is 36.4 Å². The number of ether oxygens (including phenoxy) is 2. The maximum atomic E-state index is 9.73. The van der Waals surface area contributed by atoms with Crippen molar-refractivity contribution in [2.24, 2.45) is 0 Å². The van der Waals surface area contributed by atoms with E-state index in [9.17, 15) is 10.5 Å². The topological polar surface area (TPSA) is 66.0 Å². The molecule has 0 radical (unpaired) electrons. The van der Waals surface area contributed by atoms with E-state index in [1.165, 1.54) is 0 Å². The molecule has 0 saturated carbocycles. The minimum atomic E-state index is 0.348. The van der Waals surface area contributed by atoms with Crippen LogP contribution in [0.3, 0.4) is 0 Å². The molecule has 0 aliphatic carbocycles. The lowest BCUT2D eigenvalue weighted by Crippen LogP contribution is -1.95. The van der Waals surface area contributed by atoms with Crippen molar-refractivity contribution in [3.05, 3.63) is 71.8 Å². The van der Waals surface area contributed by atoms with E-state index in [1.54, 1.807) is 14.2 Å². The molecule has 0 unspecified atom stereocenters. The molecule has 0 aromatic heterocycles. The summed E-state index contributed by atoms with van der Waals surface area (Å²) in [7, 11) is 3.19. The molecule has 3 aromatic carbocycles. The highest BCUT2D eigenvalue weighted by Gasteiger charge is 2.16. The first-order chi connectivity index (χ1) is 12.7. The van der Waals surface area contributed by atoms with Gasteiger partial charge in [0.05, 0.1) is 25.3 Å². The van der Waals surface area contributed by atoms with Gasteiger partial charge in [0.1, 0.15) is 23.6 Å². The first-order valence-electron chi connectivity index (χ1n) is 7.98. The van der Waals surface area contributed by atoms with E-state index in [1.807, 2.05) is 60.7 Å². The van der Waals surface area contributed by atoms with Crippen molar-refractivity contribution in [1.82, 2.24) is 0 Å². The Morgan fingerprint density at radius 2 is 1.08 bits per heavy atom. The molecule has 0 bridgehead atoms. The number of nitrogens with zero attached hydrogens (tertiary/aromatic N) is 2. The number of hydrogen-bond donors (Lipinski definition) is 0. The van der Waals surface area contributed by atoms with E-state index in [4.69, 9.17) is 9.47 Å². The van der Waals surface area contributed by atoms with Crippen molar-refractivity contribution in [1.29, 1.82) is 10.5 Å². The van der Waals surface area contributed by atoms with Crippen LogP contribution in [0.2, 0.25) is 0 Å². The van der Waals surface area contributed by atoms with Crippen molar-refractivity contribution in [3.8, 4) is 45.9 Å². The lowest BCUT2D eigenvalue weighted by atomic mass is 9.90. The van der Waals surface area contributed by atoms with Gasteiger partial charge in [-0.15, -0.1) is 0 Å². The molecule has 4 nitrogen and oxygen atoms in total. The van der Waals surface area contributed by atoms with Crippen LogP contribution in [0, 0.1) is 22.7 Å². The molecule has 0 heterocycles. The Labute approximate surface area is 152 Å². The van der Waals surface area contributed by atoms with Gasteiger partial charge in [0.25, 0.3) is 0 Å². The second-order valence-corrected chi connectivity index (χ2v) is 5.60. The van der Waals surface area contributed by atoms with Crippen LogP contribution in [0.1, 0.15) is 11.1 Å². The quantitative estimate of drug-likeness (QED) is 0.685. The van der Waals surface area contributed by atoms with Crippen molar-refractivity contribution in [2.45, 2.75) is 0 Å². The van der Waals surface area contributed by atoms with Crippen LogP contribution >= 0.6 is 0 Å². The van der Waals surface area contributed by atoms with E-state index in [0.29, 0.717) is 33.8 Å². The maximum Gasteiger partial charge on any atom is 0.119 e. The molecule has 0 N–H and O–H groups in total. The summed E-state index contributed by atoms with van der Waals surface area (Å²) in [6.45, 7) is 0. The summed E-state index contributed by atoms with van der Waals surface area (Å²) in [4.78, 5) is 0. The van der Waals surface area contributed by atoms with Crippen molar-refractivity contribution < 1.29 is 9.47 Å². The molecule has 0 fully saturated rings. The lowest BCUT2D eigenvalue weighted by molar-refractivity contribution is 0.415. The number of rotatable bonds is 4. The van der Waals surface area contributed by atoms with Crippen LogP contribution in [0.15, 0.2) is 60.7 Å². The van der Waals surface area contributed by atoms with Crippen molar-refractivity contribution in [2.75, 3.05) is 14.2 Å². The highest BCUT2D eigenvalue weighted by atomic mass is 16.5. The van der Waals surface area contributed by atoms with Gasteiger partial charge in [0.15, 0.2) is 0 Å². The lowest BCUT2D eigenvalue weighted by Gasteiger charge is -2.12. The summed E-state index contributed by atoms with van der Waals surface area (Å²) >= 11 is 0. The predicted octanol–water partition coefficient (Wildman–Crippen LogP) is 4.78. The predicted molar refractivity (Wildman–Crippen MR) is 99.8 cm³/mol. The third-order valence-electron chi connectivity index (χ3n) is 4.19. The van der Waals surface area contributed by atoms with Gasteiger partial charge in [-0.05, 0) is 35.4 Å². The molecule has 4 heteroatoms. The molecule has 3 rings (SSSR count). The summed E-state index contributed by atoms with van der Waals surface area (Å²) in [5, 5.41) is 19.5. The molecular weight excluding hydrogens is 324 g/mol. The first kappa shape index (κ1) is 17.1. The van der Waals surface area contributed by atoms with E-state index in [2.05, 4.69) is 12.1 Å². The summed E-state index contributed by atoms with van der Waals surface area (Å²) in [5.74, 6) is 1.39. The standard InChI is InChI=1S/C22H16N2O2/c1-25-17-7-3-5-15(11-17)19-9-10-20(22(14-24)21(19)13-23)16-6-4-8-18(12-16)26-2/h3-12H,1-2H3. The largest absolute Gasteiger partial charge is 0.497 e. The smallest absolute Gasteiger partial charge is 0.119 e. The monoisotopic (exact) mass is 340 g/mol. The summed E-state index contributed by atoms with van der Waals surface area (Å²) in [6.07, 6.45) is 0. The molecule has 0 aliphatic rings. The molecule has 126 valence electrons. The van der Waals surface area contributed by atoms with Crippen molar-refractivity contribution >= 4 is 0 Å². The molecule has 0 atom stereocenters. The molecular formula is C22H16N2O2. The average Bonchev–Trinajstić information content (AvgIpc) is 2.72. The van der Waals surface area contributed by atoms with E-state index in [0.717, 1.165) is 11.1 Å². The third kappa shape index (κ3) is 3.09. The summed E-state index contributed by atoms with van der Waals surface area (Å²) in [6, 6.07) is 23.0. The van der Waals surface area contributed by atoms with Crippen LogP contribution < -0.4 is 9.47 Å². The van der Waals surface area contributed by atoms with E-state index < -0.39 is 0 Å². The molecule has 0 amide bonds. The summed E-state index contributed by atoms with van der Waals surface area (Å²) in [5.41, 5.74) is 3.76. The minimum Gasteiger partial charge on any atom is -0.497 e. The highest BCUT2D eigenvalue weighted by molar-refractivity contribution is 5.83. The normalized spacial score (nSPS) is 9.85. The second-order valence-electron chi connectivity index (χ2n) is 5.60. The SMILES string of the molecule is COc1cccc(-c2ccc(-c3cccc(OC)c3)c(C#N)c2C#N)c1. The Bertz CT molecular complexity index is 958. The second kappa shape index (κ2) is 7.42. The van der Waals surface area contributed by atoms with Gasteiger partial charge in [0, 0.05) is 11.1 Å². The average molecular weight is 340 g/mol. The Morgan fingerprint density at radius 3 is 1.42 bits per heavy atom. The molecule has 0 aliphatic heterocycles. The number of nitriles is 2. The fourth-order valence-corrected chi connectivity index (χ4v) is 2.90. The van der Waals surface area contributed by atoms with Crippen molar-refractivity contribution in [3.63, 3.8) is 0 Å². The third-order valence-corrected chi connectivity index (χ3v) is 4.19. The minimum absolute atomic E-state index is 0.348. The number of methoxy groups -OCH3 is 2. The Kier molecular flexibility index (Phi) is 4.87. The zero-order chi connectivity index (χ0) is 18.5.